The van der Waals surface area contributed by atoms with E-state index in [9.17, 15) is 4.79 Å². The SMILES string of the molecule is CC(C)C1CCN(C(=O)c2ncccc2C#CCO)CC1. The molecule has 0 bridgehead atoms. The monoisotopic (exact) mass is 286 g/mol. The lowest BCUT2D eigenvalue weighted by molar-refractivity contribution is 0.0661. The van der Waals surface area contributed by atoms with Crippen LogP contribution in [0, 0.1) is 23.7 Å². The van der Waals surface area contributed by atoms with Crippen molar-refractivity contribution in [1.82, 2.24) is 9.88 Å². The van der Waals surface area contributed by atoms with Crippen molar-refractivity contribution in [3.63, 3.8) is 0 Å². The second-order valence-electron chi connectivity index (χ2n) is 5.73. The third-order valence-corrected chi connectivity index (χ3v) is 4.08. The molecule has 4 heteroatoms. The number of aliphatic hydroxyl groups excluding tert-OH is 1. The fraction of sp³-hybridized carbons (Fsp3) is 0.529. The molecule has 1 amide bonds. The first-order valence-corrected chi connectivity index (χ1v) is 7.47. The van der Waals surface area contributed by atoms with Gasteiger partial charge in [0.2, 0.25) is 0 Å². The molecule has 4 nitrogen and oxygen atoms in total. The number of nitrogens with zero attached hydrogens (tertiary/aromatic N) is 2. The first kappa shape index (κ1) is 15.5. The normalized spacial score (nSPS) is 15.7. The van der Waals surface area contributed by atoms with Crippen LogP contribution in [-0.2, 0) is 0 Å². The van der Waals surface area contributed by atoms with Gasteiger partial charge in [-0.25, -0.2) is 4.98 Å². The summed E-state index contributed by atoms with van der Waals surface area (Å²) in [5.41, 5.74) is 0.976. The van der Waals surface area contributed by atoms with E-state index in [2.05, 4.69) is 30.7 Å². The van der Waals surface area contributed by atoms with Gasteiger partial charge in [0.05, 0.1) is 5.56 Å². The van der Waals surface area contributed by atoms with E-state index in [1.807, 2.05) is 4.90 Å². The summed E-state index contributed by atoms with van der Waals surface area (Å²) in [6, 6.07) is 3.52. The predicted molar refractivity (Wildman–Crippen MR) is 81.7 cm³/mol. The van der Waals surface area contributed by atoms with E-state index < -0.39 is 0 Å². The van der Waals surface area contributed by atoms with Gasteiger partial charge in [-0.3, -0.25) is 4.79 Å². The number of aliphatic hydroxyl groups is 1. The first-order chi connectivity index (χ1) is 10.1. The van der Waals surface area contributed by atoms with E-state index in [4.69, 9.17) is 5.11 Å². The molecule has 112 valence electrons. The number of carbonyl (C=O) groups excluding carboxylic acids is 1. The van der Waals surface area contributed by atoms with E-state index >= 15 is 0 Å². The van der Waals surface area contributed by atoms with Gasteiger partial charge < -0.3 is 10.0 Å². The zero-order valence-electron chi connectivity index (χ0n) is 12.7. The second-order valence-corrected chi connectivity index (χ2v) is 5.73. The Balaban J connectivity index is 2.11. The Labute approximate surface area is 126 Å². The standard InChI is InChI=1S/C17H22N2O2/c1-13(2)14-7-10-19(11-8-14)17(21)16-15(6-4-12-20)5-3-9-18-16/h3,5,9,13-14,20H,7-8,10-12H2,1-2H3. The molecule has 0 aromatic carbocycles. The summed E-state index contributed by atoms with van der Waals surface area (Å²) in [6.07, 6.45) is 3.71. The van der Waals surface area contributed by atoms with Crippen molar-refractivity contribution in [1.29, 1.82) is 0 Å². The minimum absolute atomic E-state index is 0.0555. The van der Waals surface area contributed by atoms with Gasteiger partial charge in [-0.15, -0.1) is 0 Å². The van der Waals surface area contributed by atoms with Crippen molar-refractivity contribution in [3.8, 4) is 11.8 Å². The molecule has 1 aliphatic rings. The zero-order chi connectivity index (χ0) is 15.2. The molecule has 2 heterocycles. The largest absolute Gasteiger partial charge is 0.384 e. The van der Waals surface area contributed by atoms with Gasteiger partial charge in [0, 0.05) is 19.3 Å². The van der Waals surface area contributed by atoms with Crippen LogP contribution in [0.2, 0.25) is 0 Å². The lowest BCUT2D eigenvalue weighted by Gasteiger charge is -2.33. The Morgan fingerprint density at radius 3 is 2.81 bits per heavy atom. The molecule has 1 saturated heterocycles. The quantitative estimate of drug-likeness (QED) is 0.845. The molecule has 1 N–H and O–H groups in total. The molecule has 1 fully saturated rings. The fourth-order valence-corrected chi connectivity index (χ4v) is 2.73. The molecule has 1 aromatic rings. The van der Waals surface area contributed by atoms with E-state index in [-0.39, 0.29) is 12.5 Å². The third-order valence-electron chi connectivity index (χ3n) is 4.08. The summed E-state index contributed by atoms with van der Waals surface area (Å²) in [5, 5.41) is 8.80. The average molecular weight is 286 g/mol. The number of pyridine rings is 1. The number of aromatic nitrogens is 1. The van der Waals surface area contributed by atoms with Crippen LogP contribution >= 0.6 is 0 Å². The molecule has 0 spiro atoms. The molecule has 0 radical (unpaired) electrons. The lowest BCUT2D eigenvalue weighted by atomic mass is 9.86. The first-order valence-electron chi connectivity index (χ1n) is 7.47. The smallest absolute Gasteiger partial charge is 0.273 e. The van der Waals surface area contributed by atoms with Crippen molar-refractivity contribution < 1.29 is 9.90 Å². The number of piperidine rings is 1. The molecule has 0 aliphatic carbocycles. The lowest BCUT2D eigenvalue weighted by Crippen LogP contribution is -2.40. The highest BCUT2D eigenvalue weighted by Crippen LogP contribution is 2.25. The Hall–Kier alpha value is -1.86. The Bertz CT molecular complexity index is 549. The van der Waals surface area contributed by atoms with Crippen LogP contribution < -0.4 is 0 Å². The fourth-order valence-electron chi connectivity index (χ4n) is 2.73. The van der Waals surface area contributed by atoms with Crippen molar-refractivity contribution in [2.45, 2.75) is 26.7 Å². The number of hydrogen-bond acceptors (Lipinski definition) is 3. The highest BCUT2D eigenvalue weighted by Gasteiger charge is 2.26. The Morgan fingerprint density at radius 1 is 1.48 bits per heavy atom. The maximum absolute atomic E-state index is 12.6. The average Bonchev–Trinajstić information content (AvgIpc) is 2.52. The molecular formula is C17H22N2O2. The summed E-state index contributed by atoms with van der Waals surface area (Å²) in [4.78, 5) is 18.6. The van der Waals surface area contributed by atoms with Crippen LogP contribution in [0.5, 0.6) is 0 Å². The minimum atomic E-state index is -0.220. The molecule has 1 aliphatic heterocycles. The summed E-state index contributed by atoms with van der Waals surface area (Å²) in [6.45, 7) is 5.82. The number of carbonyl (C=O) groups is 1. The summed E-state index contributed by atoms with van der Waals surface area (Å²) in [7, 11) is 0. The van der Waals surface area contributed by atoms with Crippen LogP contribution in [0.4, 0.5) is 0 Å². The van der Waals surface area contributed by atoms with Gasteiger partial charge in [-0.2, -0.15) is 0 Å². The molecule has 2 rings (SSSR count). The molecular weight excluding hydrogens is 264 g/mol. The van der Waals surface area contributed by atoms with E-state index in [0.29, 0.717) is 23.1 Å². The highest BCUT2D eigenvalue weighted by molar-refractivity contribution is 5.94. The molecule has 0 atom stereocenters. The summed E-state index contributed by atoms with van der Waals surface area (Å²) < 4.78 is 0. The third kappa shape index (κ3) is 3.83. The van der Waals surface area contributed by atoms with Crippen LogP contribution in [-0.4, -0.2) is 40.6 Å². The van der Waals surface area contributed by atoms with Gasteiger partial charge in [-0.05, 0) is 36.8 Å². The van der Waals surface area contributed by atoms with Gasteiger partial charge in [0.25, 0.3) is 5.91 Å². The van der Waals surface area contributed by atoms with E-state index in [1.165, 1.54) is 0 Å². The van der Waals surface area contributed by atoms with Crippen LogP contribution in [0.3, 0.4) is 0 Å². The van der Waals surface area contributed by atoms with Gasteiger partial charge in [0.1, 0.15) is 12.3 Å². The second kappa shape index (κ2) is 7.24. The van der Waals surface area contributed by atoms with E-state index in [0.717, 1.165) is 25.9 Å². The van der Waals surface area contributed by atoms with Gasteiger partial charge >= 0.3 is 0 Å². The zero-order valence-corrected chi connectivity index (χ0v) is 12.7. The number of hydrogen-bond donors (Lipinski definition) is 1. The Kier molecular flexibility index (Phi) is 5.35. The molecule has 21 heavy (non-hydrogen) atoms. The van der Waals surface area contributed by atoms with Crippen LogP contribution in [0.15, 0.2) is 18.3 Å². The van der Waals surface area contributed by atoms with Crippen LogP contribution in [0.1, 0.15) is 42.7 Å². The topological polar surface area (TPSA) is 53.4 Å². The minimum Gasteiger partial charge on any atom is -0.384 e. The highest BCUT2D eigenvalue weighted by atomic mass is 16.2. The molecule has 0 saturated carbocycles. The number of amides is 1. The maximum atomic E-state index is 12.6. The number of rotatable bonds is 2. The van der Waals surface area contributed by atoms with Crippen molar-refractivity contribution >= 4 is 5.91 Å². The predicted octanol–water partition coefficient (Wildman–Crippen LogP) is 1.93. The van der Waals surface area contributed by atoms with E-state index in [1.54, 1.807) is 18.3 Å². The van der Waals surface area contributed by atoms with Crippen LogP contribution in [0.25, 0.3) is 0 Å². The van der Waals surface area contributed by atoms with Crippen molar-refractivity contribution in [3.05, 3.63) is 29.6 Å². The Morgan fingerprint density at radius 2 is 2.19 bits per heavy atom. The summed E-state index contributed by atoms with van der Waals surface area (Å²) in [5.74, 6) is 6.69. The van der Waals surface area contributed by atoms with Crippen molar-refractivity contribution in [2.75, 3.05) is 19.7 Å². The maximum Gasteiger partial charge on any atom is 0.273 e. The number of likely N-dealkylation sites (tertiary alicyclic amines) is 1. The molecule has 0 unspecified atom stereocenters. The van der Waals surface area contributed by atoms with Crippen molar-refractivity contribution in [2.24, 2.45) is 11.8 Å². The summed E-state index contributed by atoms with van der Waals surface area (Å²) >= 11 is 0. The molecule has 1 aromatic heterocycles. The van der Waals surface area contributed by atoms with Gasteiger partial charge in [0.15, 0.2) is 0 Å². The van der Waals surface area contributed by atoms with Gasteiger partial charge in [-0.1, -0.05) is 25.7 Å².